The van der Waals surface area contributed by atoms with E-state index in [1.807, 2.05) is 30.5 Å². The van der Waals surface area contributed by atoms with Gasteiger partial charge in [0.2, 0.25) is 0 Å². The van der Waals surface area contributed by atoms with E-state index in [4.69, 9.17) is 16.3 Å². The van der Waals surface area contributed by atoms with Crippen LogP contribution in [0.2, 0.25) is 0 Å². The van der Waals surface area contributed by atoms with Crippen molar-refractivity contribution in [3.8, 4) is 23.5 Å². The molecule has 8 nitrogen and oxygen atoms in total. The molecule has 0 unspecified atom stereocenters. The van der Waals surface area contributed by atoms with Crippen molar-refractivity contribution in [2.45, 2.75) is 37.6 Å². The number of aromatic nitrogens is 4. The highest BCUT2D eigenvalue weighted by molar-refractivity contribution is 7.85. The van der Waals surface area contributed by atoms with Gasteiger partial charge < -0.3 is 10.3 Å². The molecule has 6 rings (SSSR count). The summed E-state index contributed by atoms with van der Waals surface area (Å²) >= 11 is 0. The molecule has 9 heteroatoms. The first-order valence-electron chi connectivity index (χ1n) is 11.6. The molecule has 3 heterocycles. The zero-order valence-corrected chi connectivity index (χ0v) is 20.2. The Hall–Kier alpha value is -3.48. The molecular weight excluding hydrogens is 462 g/mol. The van der Waals surface area contributed by atoms with Crippen LogP contribution in [0.5, 0.6) is 0 Å². The van der Waals surface area contributed by atoms with E-state index in [0.29, 0.717) is 17.2 Å². The molecule has 2 saturated carbocycles. The number of fused-ring (bicyclic) bond motifs is 4. The predicted molar refractivity (Wildman–Crippen MR) is 135 cm³/mol. The largest absolute Gasteiger partial charge is 0.383 e. The van der Waals surface area contributed by atoms with Gasteiger partial charge in [-0.05, 0) is 49.7 Å². The van der Waals surface area contributed by atoms with E-state index < -0.39 is 10.1 Å². The van der Waals surface area contributed by atoms with Gasteiger partial charge in [-0.2, -0.15) is 8.42 Å². The van der Waals surface area contributed by atoms with E-state index in [-0.39, 0.29) is 17.6 Å². The summed E-state index contributed by atoms with van der Waals surface area (Å²) in [5.74, 6) is 3.30. The number of nitrogens with zero attached hydrogens (tertiary/aromatic N) is 4. The Balaban J connectivity index is 1.55. The van der Waals surface area contributed by atoms with Gasteiger partial charge in [0.15, 0.2) is 0 Å². The summed E-state index contributed by atoms with van der Waals surface area (Å²) in [6, 6.07) is 9.99. The summed E-state index contributed by atoms with van der Waals surface area (Å²) in [5, 5.41) is 1.73. The second kappa shape index (κ2) is 7.51. The number of benzene rings is 1. The smallest absolute Gasteiger partial charge is 0.264 e. The van der Waals surface area contributed by atoms with E-state index >= 15 is 0 Å². The molecule has 35 heavy (non-hydrogen) atoms. The number of pyridine rings is 1. The van der Waals surface area contributed by atoms with Crippen molar-refractivity contribution < 1.29 is 12.6 Å². The Morgan fingerprint density at radius 3 is 2.69 bits per heavy atom. The maximum absolute atomic E-state index is 11.7. The van der Waals surface area contributed by atoms with Crippen molar-refractivity contribution in [2.24, 2.45) is 5.41 Å². The van der Waals surface area contributed by atoms with Crippen molar-refractivity contribution in [2.75, 3.05) is 18.6 Å². The van der Waals surface area contributed by atoms with Crippen molar-refractivity contribution >= 4 is 37.9 Å². The van der Waals surface area contributed by atoms with Gasteiger partial charge in [0.1, 0.15) is 23.5 Å². The molecule has 0 atom stereocenters. The third-order valence-electron chi connectivity index (χ3n) is 7.79. The summed E-state index contributed by atoms with van der Waals surface area (Å²) in [4.78, 5) is 13.6. The normalized spacial score (nSPS) is 23.8. The molecule has 0 radical (unpaired) electrons. The van der Waals surface area contributed by atoms with E-state index in [9.17, 15) is 8.42 Å². The molecule has 0 aliphatic heterocycles. The van der Waals surface area contributed by atoms with Crippen LogP contribution in [0.3, 0.4) is 0 Å². The lowest BCUT2D eigenvalue weighted by molar-refractivity contribution is 0.158. The summed E-state index contributed by atoms with van der Waals surface area (Å²) in [7, 11) is -3.51. The maximum atomic E-state index is 11.7. The highest BCUT2D eigenvalue weighted by atomic mass is 32.2. The number of nitrogens with two attached hydrogens (primary N) is 1. The van der Waals surface area contributed by atoms with Gasteiger partial charge >= 0.3 is 0 Å². The van der Waals surface area contributed by atoms with Gasteiger partial charge in [0, 0.05) is 28.2 Å². The number of terminal acetylenes is 1. The first kappa shape index (κ1) is 22.0. The molecule has 2 aliphatic carbocycles. The van der Waals surface area contributed by atoms with Crippen molar-refractivity contribution in [3.05, 3.63) is 48.5 Å². The lowest BCUT2D eigenvalue weighted by Gasteiger charge is -2.30. The van der Waals surface area contributed by atoms with Crippen molar-refractivity contribution in [1.82, 2.24) is 19.5 Å². The summed E-state index contributed by atoms with van der Waals surface area (Å²) in [6.07, 6.45) is 14.8. The minimum atomic E-state index is -3.51. The topological polar surface area (TPSA) is 113 Å². The second-order valence-electron chi connectivity index (χ2n) is 9.94. The zero-order valence-electron chi connectivity index (χ0n) is 19.4. The molecule has 0 saturated heterocycles. The minimum Gasteiger partial charge on any atom is -0.383 e. The number of para-hydroxylation sites is 1. The number of rotatable bonds is 5. The van der Waals surface area contributed by atoms with Gasteiger partial charge in [-0.3, -0.25) is 9.17 Å². The fourth-order valence-electron chi connectivity index (χ4n) is 6.25. The molecule has 0 spiro atoms. The average molecular weight is 488 g/mol. The van der Waals surface area contributed by atoms with Gasteiger partial charge in [-0.25, -0.2) is 9.97 Å². The van der Waals surface area contributed by atoms with Gasteiger partial charge in [0.05, 0.1) is 23.8 Å². The monoisotopic (exact) mass is 487 g/mol. The number of hydrogen-bond donors (Lipinski definition) is 1. The Bertz CT molecular complexity index is 1640. The highest BCUT2D eigenvalue weighted by Gasteiger charge is 2.57. The fourth-order valence-corrected chi connectivity index (χ4v) is 6.71. The zero-order chi connectivity index (χ0) is 24.4. The first-order valence-corrected chi connectivity index (χ1v) is 13.4. The van der Waals surface area contributed by atoms with E-state index in [1.165, 1.54) is 6.33 Å². The maximum Gasteiger partial charge on any atom is 0.264 e. The van der Waals surface area contributed by atoms with E-state index in [2.05, 4.69) is 31.5 Å². The van der Waals surface area contributed by atoms with E-state index in [1.54, 1.807) is 0 Å². The van der Waals surface area contributed by atoms with Gasteiger partial charge in [0.25, 0.3) is 10.1 Å². The Kier molecular flexibility index (Phi) is 4.72. The molecule has 2 N–H and O–H groups in total. The second-order valence-corrected chi connectivity index (χ2v) is 11.6. The van der Waals surface area contributed by atoms with Gasteiger partial charge in [-0.15, -0.1) is 6.42 Å². The Labute approximate surface area is 203 Å². The van der Waals surface area contributed by atoms with Crippen molar-refractivity contribution in [1.29, 1.82) is 0 Å². The molecule has 1 aromatic carbocycles. The minimum absolute atomic E-state index is 0.191. The molecule has 0 amide bonds. The van der Waals surface area contributed by atoms with E-state index in [0.717, 1.165) is 65.8 Å². The SMILES string of the molecule is C#Cc1c(-c2cnc3ccccc3c2)c2c(N)ncnc2n1C12CCC(COS(C)(=O)=O)(CC1)C2. The quantitative estimate of drug-likeness (QED) is 0.336. The summed E-state index contributed by atoms with van der Waals surface area (Å²) < 4.78 is 30.8. The molecular formula is C26H25N5O3S. The predicted octanol–water partition coefficient (Wildman–Crippen LogP) is 3.85. The Morgan fingerprint density at radius 2 is 1.94 bits per heavy atom. The number of nitrogen functional groups attached to an aromatic ring is 1. The number of anilines is 1. The van der Waals surface area contributed by atoms with Crippen LogP contribution in [0.4, 0.5) is 5.82 Å². The third kappa shape index (κ3) is 3.39. The lowest BCUT2D eigenvalue weighted by atomic mass is 9.85. The Morgan fingerprint density at radius 1 is 1.17 bits per heavy atom. The van der Waals surface area contributed by atoms with Crippen molar-refractivity contribution in [3.63, 3.8) is 0 Å². The molecule has 2 fully saturated rings. The average Bonchev–Trinajstić information content (AvgIpc) is 3.51. The van der Waals surface area contributed by atoms with Crippen LogP contribution in [0.1, 0.15) is 37.8 Å². The summed E-state index contributed by atoms with van der Waals surface area (Å²) in [5.41, 5.74) is 9.90. The molecule has 2 aliphatic rings. The first-order chi connectivity index (χ1) is 16.7. The number of hydrogen-bond acceptors (Lipinski definition) is 7. The van der Waals surface area contributed by atoms with Crippen LogP contribution in [0.15, 0.2) is 42.9 Å². The van der Waals surface area contributed by atoms with Crippen LogP contribution < -0.4 is 5.73 Å². The van der Waals surface area contributed by atoms with Crippen LogP contribution in [0, 0.1) is 17.8 Å². The lowest BCUT2D eigenvalue weighted by Crippen LogP contribution is -2.29. The molecule has 2 bridgehead atoms. The van der Waals surface area contributed by atoms with Crippen LogP contribution >= 0.6 is 0 Å². The molecule has 3 aromatic heterocycles. The third-order valence-corrected chi connectivity index (χ3v) is 8.34. The van der Waals surface area contributed by atoms with Crippen LogP contribution in [0.25, 0.3) is 33.1 Å². The van der Waals surface area contributed by atoms with Crippen LogP contribution in [-0.2, 0) is 19.8 Å². The fraction of sp³-hybridized carbons (Fsp3) is 0.346. The highest BCUT2D eigenvalue weighted by Crippen LogP contribution is 2.62. The standard InChI is InChI=1S/C26H25N5O3S/c1-3-20-21(18-12-17-6-4-5-7-19(17)28-13-18)22-23(27)29-16-30-24(22)31(20)26-10-8-25(14-26,9-11-26)15-34-35(2,32)33/h1,4-7,12-13,16H,8-11,14-15H2,2H3,(H2,27,29,30). The van der Waals surface area contributed by atoms with Crippen LogP contribution in [-0.4, -0.2) is 40.8 Å². The van der Waals surface area contributed by atoms with Gasteiger partial charge in [-0.1, -0.05) is 24.1 Å². The molecule has 178 valence electrons. The molecule has 4 aromatic rings. The summed E-state index contributed by atoms with van der Waals surface area (Å²) in [6.45, 7) is 0.191.